The largest absolute Gasteiger partial charge is 0.480 e. The number of unbranched alkanes of at least 4 members (excludes halogenated alkanes) is 1. The van der Waals surface area contributed by atoms with E-state index in [2.05, 4.69) is 11.9 Å². The van der Waals surface area contributed by atoms with E-state index in [1.165, 1.54) is 0 Å². The first kappa shape index (κ1) is 11.7. The van der Waals surface area contributed by atoms with Crippen LogP contribution in [0, 0.1) is 0 Å². The molecule has 15 heavy (non-hydrogen) atoms. The molecule has 0 unspecified atom stereocenters. The van der Waals surface area contributed by atoms with E-state index in [9.17, 15) is 4.79 Å². The normalized spacial score (nSPS) is 12.7. The lowest BCUT2D eigenvalue weighted by Crippen LogP contribution is -2.32. The number of carbonyl (C=O) groups is 1. The van der Waals surface area contributed by atoms with Gasteiger partial charge in [-0.25, -0.2) is 4.98 Å². The number of rotatable bonds is 6. The number of hydrogen-bond donors (Lipinski definition) is 2. The molecule has 1 aromatic rings. The van der Waals surface area contributed by atoms with Crippen molar-refractivity contribution in [1.82, 2.24) is 9.55 Å². The Hall–Kier alpha value is -1.36. The number of nitrogens with zero attached hydrogens (tertiary/aromatic N) is 2. The highest BCUT2D eigenvalue weighted by Crippen LogP contribution is 2.02. The summed E-state index contributed by atoms with van der Waals surface area (Å²) < 4.78 is 1.97. The van der Waals surface area contributed by atoms with E-state index in [-0.39, 0.29) is 6.42 Å². The van der Waals surface area contributed by atoms with Crippen LogP contribution in [-0.2, 0) is 17.8 Å². The van der Waals surface area contributed by atoms with Gasteiger partial charge in [0.1, 0.15) is 6.04 Å². The van der Waals surface area contributed by atoms with Crippen molar-refractivity contribution in [3.05, 3.63) is 18.2 Å². The highest BCUT2D eigenvalue weighted by molar-refractivity contribution is 5.73. The molecular weight excluding hydrogens is 194 g/mol. The predicted octanol–water partition coefficient (Wildman–Crippen LogP) is 0.638. The number of hydrogen-bond acceptors (Lipinski definition) is 3. The molecule has 0 fully saturated rings. The lowest BCUT2D eigenvalue weighted by atomic mass is 10.2. The molecule has 0 aliphatic rings. The van der Waals surface area contributed by atoms with E-state index in [0.717, 1.165) is 25.1 Å². The first-order chi connectivity index (χ1) is 7.13. The monoisotopic (exact) mass is 211 g/mol. The summed E-state index contributed by atoms with van der Waals surface area (Å²) >= 11 is 0. The van der Waals surface area contributed by atoms with Crippen LogP contribution in [0.15, 0.2) is 12.5 Å². The Balaban J connectivity index is 2.49. The number of carboxylic acids is 1. The second-order valence-electron chi connectivity index (χ2n) is 3.61. The summed E-state index contributed by atoms with van der Waals surface area (Å²) in [5.74, 6) is -0.988. The van der Waals surface area contributed by atoms with Gasteiger partial charge in [-0.2, -0.15) is 0 Å². The smallest absolute Gasteiger partial charge is 0.320 e. The summed E-state index contributed by atoms with van der Waals surface area (Å²) in [5.41, 5.74) is 6.15. The molecule has 5 heteroatoms. The molecule has 84 valence electrons. The molecule has 5 nitrogen and oxygen atoms in total. The van der Waals surface area contributed by atoms with Gasteiger partial charge in [0.2, 0.25) is 0 Å². The SMILES string of the molecule is CCCCn1cnc(C[C@H](N)C(=O)O)c1. The van der Waals surface area contributed by atoms with Crippen molar-refractivity contribution >= 4 is 5.97 Å². The Morgan fingerprint density at radius 1 is 1.73 bits per heavy atom. The Morgan fingerprint density at radius 3 is 3.07 bits per heavy atom. The Kier molecular flexibility index (Phi) is 4.30. The van der Waals surface area contributed by atoms with E-state index < -0.39 is 12.0 Å². The Morgan fingerprint density at radius 2 is 2.47 bits per heavy atom. The third-order valence-corrected chi connectivity index (χ3v) is 2.20. The molecule has 3 N–H and O–H groups in total. The van der Waals surface area contributed by atoms with Crippen molar-refractivity contribution in [2.75, 3.05) is 0 Å². The Labute approximate surface area is 88.9 Å². The molecule has 0 saturated carbocycles. The van der Waals surface area contributed by atoms with Gasteiger partial charge in [0.05, 0.1) is 12.0 Å². The van der Waals surface area contributed by atoms with E-state index >= 15 is 0 Å². The molecule has 1 aromatic heterocycles. The molecular formula is C10H17N3O2. The van der Waals surface area contributed by atoms with Crippen LogP contribution in [0.5, 0.6) is 0 Å². The highest BCUT2D eigenvalue weighted by Gasteiger charge is 2.13. The van der Waals surface area contributed by atoms with Crippen LogP contribution in [0.3, 0.4) is 0 Å². The average Bonchev–Trinajstić information content (AvgIpc) is 2.62. The number of carboxylic acid groups (broad SMARTS) is 1. The van der Waals surface area contributed by atoms with Crippen LogP contribution < -0.4 is 5.73 Å². The molecule has 0 spiro atoms. The van der Waals surface area contributed by atoms with Crippen molar-refractivity contribution in [2.45, 2.75) is 38.8 Å². The first-order valence-corrected chi connectivity index (χ1v) is 5.12. The zero-order valence-corrected chi connectivity index (χ0v) is 8.89. The number of aromatic nitrogens is 2. The standard InChI is InChI=1S/C10H17N3O2/c1-2-3-4-13-6-8(12-7-13)5-9(11)10(14)15/h6-7,9H,2-5,11H2,1H3,(H,14,15)/t9-/m0/s1. The van der Waals surface area contributed by atoms with Gasteiger partial charge in [0.15, 0.2) is 0 Å². The highest BCUT2D eigenvalue weighted by atomic mass is 16.4. The molecule has 0 bridgehead atoms. The minimum Gasteiger partial charge on any atom is -0.480 e. The van der Waals surface area contributed by atoms with E-state index in [4.69, 9.17) is 10.8 Å². The third-order valence-electron chi connectivity index (χ3n) is 2.20. The number of nitrogens with two attached hydrogens (primary N) is 1. The summed E-state index contributed by atoms with van der Waals surface area (Å²) in [6.45, 7) is 3.05. The van der Waals surface area contributed by atoms with E-state index in [1.807, 2.05) is 10.8 Å². The first-order valence-electron chi connectivity index (χ1n) is 5.12. The average molecular weight is 211 g/mol. The maximum Gasteiger partial charge on any atom is 0.320 e. The van der Waals surface area contributed by atoms with Crippen molar-refractivity contribution in [3.8, 4) is 0 Å². The van der Waals surface area contributed by atoms with Crippen LogP contribution in [0.1, 0.15) is 25.5 Å². The molecule has 1 rings (SSSR count). The van der Waals surface area contributed by atoms with Crippen LogP contribution >= 0.6 is 0 Å². The maximum absolute atomic E-state index is 10.5. The fourth-order valence-electron chi connectivity index (χ4n) is 1.29. The summed E-state index contributed by atoms with van der Waals surface area (Å²) in [7, 11) is 0. The van der Waals surface area contributed by atoms with Gasteiger partial charge in [0, 0.05) is 19.2 Å². The predicted molar refractivity (Wildman–Crippen MR) is 56.5 cm³/mol. The van der Waals surface area contributed by atoms with Crippen molar-refractivity contribution in [3.63, 3.8) is 0 Å². The van der Waals surface area contributed by atoms with Crippen LogP contribution in [0.4, 0.5) is 0 Å². The zero-order valence-electron chi connectivity index (χ0n) is 8.89. The molecule has 0 saturated heterocycles. The van der Waals surface area contributed by atoms with E-state index in [1.54, 1.807) is 6.33 Å². The molecule has 1 heterocycles. The summed E-state index contributed by atoms with van der Waals surface area (Å²) in [5, 5.41) is 8.63. The van der Waals surface area contributed by atoms with E-state index in [0.29, 0.717) is 0 Å². The van der Waals surface area contributed by atoms with Crippen LogP contribution in [0.25, 0.3) is 0 Å². The number of aliphatic carboxylic acids is 1. The fourth-order valence-corrected chi connectivity index (χ4v) is 1.29. The lowest BCUT2D eigenvalue weighted by molar-refractivity contribution is -0.138. The van der Waals surface area contributed by atoms with Gasteiger partial charge < -0.3 is 15.4 Å². The minimum atomic E-state index is -0.988. The van der Waals surface area contributed by atoms with Crippen molar-refractivity contribution in [1.29, 1.82) is 0 Å². The van der Waals surface area contributed by atoms with Gasteiger partial charge in [-0.1, -0.05) is 13.3 Å². The van der Waals surface area contributed by atoms with Crippen LogP contribution in [0.2, 0.25) is 0 Å². The number of aryl methyl sites for hydroxylation is 1. The maximum atomic E-state index is 10.5. The topological polar surface area (TPSA) is 81.1 Å². The van der Waals surface area contributed by atoms with Gasteiger partial charge in [-0.3, -0.25) is 4.79 Å². The van der Waals surface area contributed by atoms with Crippen LogP contribution in [-0.4, -0.2) is 26.7 Å². The van der Waals surface area contributed by atoms with Crippen molar-refractivity contribution in [2.24, 2.45) is 5.73 Å². The molecule has 0 amide bonds. The summed E-state index contributed by atoms with van der Waals surface area (Å²) in [4.78, 5) is 14.6. The fraction of sp³-hybridized carbons (Fsp3) is 0.600. The van der Waals surface area contributed by atoms with Crippen molar-refractivity contribution < 1.29 is 9.90 Å². The number of imidazole rings is 1. The van der Waals surface area contributed by atoms with Gasteiger partial charge in [-0.15, -0.1) is 0 Å². The molecule has 0 aliphatic heterocycles. The van der Waals surface area contributed by atoms with Gasteiger partial charge in [-0.05, 0) is 6.42 Å². The van der Waals surface area contributed by atoms with Gasteiger partial charge >= 0.3 is 5.97 Å². The quantitative estimate of drug-likeness (QED) is 0.723. The van der Waals surface area contributed by atoms with Gasteiger partial charge in [0.25, 0.3) is 0 Å². The lowest BCUT2D eigenvalue weighted by Gasteiger charge is -2.02. The molecule has 1 atom stereocenters. The second kappa shape index (κ2) is 5.50. The second-order valence-corrected chi connectivity index (χ2v) is 3.61. The summed E-state index contributed by atoms with van der Waals surface area (Å²) in [6.07, 6.45) is 6.09. The Bertz CT molecular complexity index is 322. The zero-order chi connectivity index (χ0) is 11.3. The molecule has 0 radical (unpaired) electrons. The third kappa shape index (κ3) is 3.71. The summed E-state index contributed by atoms with van der Waals surface area (Å²) in [6, 6.07) is -0.862. The molecule has 0 aromatic carbocycles. The molecule has 0 aliphatic carbocycles. The minimum absolute atomic E-state index is 0.286.